The molecule has 1 N–H and O–H groups in total. The highest BCUT2D eigenvalue weighted by Gasteiger charge is 2.17. The summed E-state index contributed by atoms with van der Waals surface area (Å²) in [5.41, 5.74) is 1.44. The predicted octanol–water partition coefficient (Wildman–Crippen LogP) is 3.84. The van der Waals surface area contributed by atoms with Crippen molar-refractivity contribution >= 4 is 40.7 Å². The highest BCUT2D eigenvalue weighted by atomic mass is 35.5. The number of anilines is 1. The van der Waals surface area contributed by atoms with E-state index in [2.05, 4.69) is 16.9 Å². The number of nitrogens with one attached hydrogen (secondary N) is 1. The number of carbonyl (C=O) groups excluding carboxylic acids is 1. The lowest BCUT2D eigenvalue weighted by atomic mass is 10.1. The SMILES string of the molecule is C=Cc1c(NCc2cccs2)cc(Cl)nc1C(=O)OC. The average molecular weight is 309 g/mol. The van der Waals surface area contributed by atoms with Gasteiger partial charge in [0.2, 0.25) is 0 Å². The van der Waals surface area contributed by atoms with Crippen LogP contribution in [0, 0.1) is 0 Å². The Bertz CT molecular complexity index is 626. The van der Waals surface area contributed by atoms with Crippen molar-refractivity contribution in [1.82, 2.24) is 4.98 Å². The second-order valence-corrected chi connectivity index (χ2v) is 5.30. The van der Waals surface area contributed by atoms with Crippen molar-refractivity contribution in [3.63, 3.8) is 0 Å². The minimum absolute atomic E-state index is 0.156. The molecule has 0 bridgehead atoms. The number of aromatic nitrogens is 1. The molecule has 0 unspecified atom stereocenters. The molecule has 0 saturated carbocycles. The summed E-state index contributed by atoms with van der Waals surface area (Å²) in [7, 11) is 1.30. The van der Waals surface area contributed by atoms with Gasteiger partial charge in [-0.2, -0.15) is 0 Å². The topological polar surface area (TPSA) is 51.2 Å². The first kappa shape index (κ1) is 14.6. The number of thiophene rings is 1. The average Bonchev–Trinajstić information content (AvgIpc) is 2.96. The summed E-state index contributed by atoms with van der Waals surface area (Å²) in [5.74, 6) is -0.540. The Balaban J connectivity index is 2.33. The Hall–Kier alpha value is -1.85. The molecule has 0 aromatic carbocycles. The van der Waals surface area contributed by atoms with Crippen LogP contribution < -0.4 is 5.32 Å². The van der Waals surface area contributed by atoms with Crippen LogP contribution in [0.25, 0.3) is 6.08 Å². The normalized spacial score (nSPS) is 10.1. The molecule has 0 aliphatic rings. The van der Waals surface area contributed by atoms with Gasteiger partial charge in [-0.15, -0.1) is 11.3 Å². The molecule has 0 radical (unpaired) electrons. The number of esters is 1. The van der Waals surface area contributed by atoms with E-state index in [1.54, 1.807) is 23.5 Å². The van der Waals surface area contributed by atoms with Gasteiger partial charge in [0, 0.05) is 22.7 Å². The van der Waals surface area contributed by atoms with Crippen LogP contribution in [-0.2, 0) is 11.3 Å². The molecule has 0 atom stereocenters. The van der Waals surface area contributed by atoms with Crippen molar-refractivity contribution in [2.45, 2.75) is 6.54 Å². The minimum atomic E-state index is -0.540. The van der Waals surface area contributed by atoms with E-state index in [0.717, 1.165) is 0 Å². The quantitative estimate of drug-likeness (QED) is 0.673. The van der Waals surface area contributed by atoms with Crippen LogP contribution in [0.3, 0.4) is 0 Å². The molecular weight excluding hydrogens is 296 g/mol. The third-order valence-electron chi connectivity index (χ3n) is 2.64. The first-order chi connectivity index (χ1) is 9.65. The number of carbonyl (C=O) groups is 1. The number of methoxy groups -OCH3 is 1. The fourth-order valence-corrected chi connectivity index (χ4v) is 2.56. The Kier molecular flexibility index (Phi) is 4.76. The standard InChI is InChI=1S/C14H13ClN2O2S/c1-3-10-11(16-8-9-5-4-6-20-9)7-12(15)17-13(10)14(18)19-2/h3-7H,1,8H2,2H3,(H,16,17). The minimum Gasteiger partial charge on any atom is -0.464 e. The van der Waals surface area contributed by atoms with Gasteiger partial charge >= 0.3 is 5.97 Å². The van der Waals surface area contributed by atoms with E-state index in [1.807, 2.05) is 17.5 Å². The zero-order valence-corrected chi connectivity index (χ0v) is 12.4. The van der Waals surface area contributed by atoms with Gasteiger partial charge in [0.25, 0.3) is 0 Å². The van der Waals surface area contributed by atoms with Gasteiger partial charge in [-0.25, -0.2) is 9.78 Å². The number of rotatable bonds is 5. The molecule has 4 nitrogen and oxygen atoms in total. The molecule has 104 valence electrons. The van der Waals surface area contributed by atoms with Crippen LogP contribution in [0.1, 0.15) is 20.9 Å². The van der Waals surface area contributed by atoms with Crippen LogP contribution in [0.2, 0.25) is 5.15 Å². The lowest BCUT2D eigenvalue weighted by molar-refractivity contribution is 0.0594. The van der Waals surface area contributed by atoms with Crippen molar-refractivity contribution in [3.8, 4) is 0 Å². The molecule has 2 aromatic heterocycles. The van der Waals surface area contributed by atoms with Crippen molar-refractivity contribution in [1.29, 1.82) is 0 Å². The molecule has 2 heterocycles. The molecule has 0 spiro atoms. The third kappa shape index (κ3) is 3.18. The van der Waals surface area contributed by atoms with Crippen molar-refractivity contribution < 1.29 is 9.53 Å². The van der Waals surface area contributed by atoms with Gasteiger partial charge in [-0.3, -0.25) is 0 Å². The Morgan fingerprint density at radius 1 is 1.65 bits per heavy atom. The van der Waals surface area contributed by atoms with Gasteiger partial charge in [-0.05, 0) is 17.5 Å². The predicted molar refractivity (Wildman–Crippen MR) is 82.3 cm³/mol. The maximum atomic E-state index is 11.7. The largest absolute Gasteiger partial charge is 0.464 e. The summed E-state index contributed by atoms with van der Waals surface area (Å²) < 4.78 is 4.71. The summed E-state index contributed by atoms with van der Waals surface area (Å²) in [4.78, 5) is 16.9. The fourth-order valence-electron chi connectivity index (χ4n) is 1.72. The molecule has 6 heteroatoms. The highest BCUT2D eigenvalue weighted by molar-refractivity contribution is 7.09. The summed E-state index contributed by atoms with van der Waals surface area (Å²) in [6.07, 6.45) is 1.56. The van der Waals surface area contributed by atoms with Crippen LogP contribution in [0.4, 0.5) is 5.69 Å². The smallest absolute Gasteiger partial charge is 0.357 e. The van der Waals surface area contributed by atoms with E-state index in [4.69, 9.17) is 16.3 Å². The van der Waals surface area contributed by atoms with Gasteiger partial charge in [-0.1, -0.05) is 30.3 Å². The zero-order valence-electron chi connectivity index (χ0n) is 10.9. The molecule has 2 aromatic rings. The monoisotopic (exact) mass is 308 g/mol. The van der Waals surface area contributed by atoms with Crippen LogP contribution in [0.15, 0.2) is 30.2 Å². The Labute approximate surface area is 126 Å². The highest BCUT2D eigenvalue weighted by Crippen LogP contribution is 2.25. The van der Waals surface area contributed by atoms with Gasteiger partial charge < -0.3 is 10.1 Å². The van der Waals surface area contributed by atoms with Crippen molar-refractivity contribution in [3.05, 3.63) is 51.4 Å². The van der Waals surface area contributed by atoms with Crippen LogP contribution in [-0.4, -0.2) is 18.1 Å². The second-order valence-electron chi connectivity index (χ2n) is 3.88. The first-order valence-corrected chi connectivity index (χ1v) is 7.09. The molecule has 0 fully saturated rings. The molecule has 2 rings (SSSR count). The zero-order chi connectivity index (χ0) is 14.5. The summed E-state index contributed by atoms with van der Waals surface area (Å²) >= 11 is 7.60. The maximum absolute atomic E-state index is 11.7. The van der Waals surface area contributed by atoms with Crippen molar-refractivity contribution in [2.24, 2.45) is 0 Å². The number of halogens is 1. The summed E-state index contributed by atoms with van der Waals surface area (Å²) in [6.45, 7) is 4.35. The number of hydrogen-bond donors (Lipinski definition) is 1. The van der Waals surface area contributed by atoms with Gasteiger partial charge in [0.05, 0.1) is 7.11 Å². The lowest BCUT2D eigenvalue weighted by Gasteiger charge is -2.12. The maximum Gasteiger partial charge on any atom is 0.357 e. The molecular formula is C14H13ClN2O2S. The third-order valence-corrected chi connectivity index (χ3v) is 3.71. The molecule has 0 amide bonds. The number of pyridine rings is 1. The summed E-state index contributed by atoms with van der Waals surface area (Å²) in [5, 5.41) is 5.47. The van der Waals surface area contributed by atoms with E-state index in [1.165, 1.54) is 12.0 Å². The second kappa shape index (κ2) is 6.54. The van der Waals surface area contributed by atoms with Crippen LogP contribution >= 0.6 is 22.9 Å². The molecule has 0 aliphatic heterocycles. The van der Waals surface area contributed by atoms with Gasteiger partial charge in [0.1, 0.15) is 5.15 Å². The number of hydrogen-bond acceptors (Lipinski definition) is 5. The summed E-state index contributed by atoms with van der Waals surface area (Å²) in [6, 6.07) is 5.67. The first-order valence-electron chi connectivity index (χ1n) is 5.83. The molecule has 0 aliphatic carbocycles. The van der Waals surface area contributed by atoms with Gasteiger partial charge in [0.15, 0.2) is 5.69 Å². The van der Waals surface area contributed by atoms with Crippen molar-refractivity contribution in [2.75, 3.05) is 12.4 Å². The Morgan fingerprint density at radius 2 is 2.45 bits per heavy atom. The molecule has 20 heavy (non-hydrogen) atoms. The van der Waals surface area contributed by atoms with E-state index in [0.29, 0.717) is 17.8 Å². The Morgan fingerprint density at radius 3 is 3.05 bits per heavy atom. The number of nitrogens with zero attached hydrogens (tertiary/aromatic N) is 1. The van der Waals surface area contributed by atoms with E-state index >= 15 is 0 Å². The number of ether oxygens (including phenoxy) is 1. The molecule has 0 saturated heterocycles. The van der Waals surface area contributed by atoms with E-state index in [-0.39, 0.29) is 10.8 Å². The van der Waals surface area contributed by atoms with Crippen LogP contribution in [0.5, 0.6) is 0 Å². The lowest BCUT2D eigenvalue weighted by Crippen LogP contribution is -2.10. The van der Waals surface area contributed by atoms with E-state index < -0.39 is 5.97 Å². The van der Waals surface area contributed by atoms with E-state index in [9.17, 15) is 4.79 Å². The fraction of sp³-hybridized carbons (Fsp3) is 0.143.